The van der Waals surface area contributed by atoms with E-state index in [4.69, 9.17) is 5.26 Å². The predicted molar refractivity (Wildman–Crippen MR) is 39.2 cm³/mol. The van der Waals surface area contributed by atoms with Crippen LogP contribution in [0.2, 0.25) is 0 Å². The Hall–Kier alpha value is -0.840. The molecule has 2 nitrogen and oxygen atoms in total. The topological polar surface area (TPSA) is 40.9 Å². The van der Waals surface area contributed by atoms with Crippen molar-refractivity contribution in [2.24, 2.45) is 11.8 Å². The highest BCUT2D eigenvalue weighted by atomic mass is 16.1. The molecule has 0 N–H and O–H groups in total. The number of hydrogen-bond acceptors (Lipinski definition) is 2. The molecule has 0 aromatic carbocycles. The number of nitrogens with zero attached hydrogens (tertiary/aromatic N) is 1. The van der Waals surface area contributed by atoms with Crippen molar-refractivity contribution >= 4 is 6.29 Å². The quantitative estimate of drug-likeness (QED) is 0.557. The van der Waals surface area contributed by atoms with Gasteiger partial charge in [0.2, 0.25) is 0 Å². The first kappa shape index (κ1) is 9.16. The van der Waals surface area contributed by atoms with Crippen LogP contribution < -0.4 is 0 Å². The molecule has 1 unspecified atom stereocenters. The second-order valence-electron chi connectivity index (χ2n) is 2.86. The van der Waals surface area contributed by atoms with Crippen molar-refractivity contribution in [2.45, 2.75) is 26.7 Å². The molecule has 0 aromatic rings. The normalized spacial score (nSPS) is 12.6. The van der Waals surface area contributed by atoms with Gasteiger partial charge in [-0.3, -0.25) is 0 Å². The molecule has 2 heteroatoms. The van der Waals surface area contributed by atoms with Crippen LogP contribution in [0.25, 0.3) is 0 Å². The Balaban J connectivity index is 3.62. The van der Waals surface area contributed by atoms with Crippen LogP contribution in [0.3, 0.4) is 0 Å². The Labute approximate surface area is 61.8 Å². The van der Waals surface area contributed by atoms with Gasteiger partial charge in [0.1, 0.15) is 6.29 Å². The first-order valence-corrected chi connectivity index (χ1v) is 3.54. The molecule has 0 saturated carbocycles. The van der Waals surface area contributed by atoms with Crippen molar-refractivity contribution in [1.82, 2.24) is 0 Å². The zero-order chi connectivity index (χ0) is 7.98. The van der Waals surface area contributed by atoms with Crippen molar-refractivity contribution in [3.8, 4) is 6.07 Å². The number of hydrogen-bond donors (Lipinski definition) is 0. The van der Waals surface area contributed by atoms with Crippen LogP contribution in [-0.4, -0.2) is 6.29 Å². The summed E-state index contributed by atoms with van der Waals surface area (Å²) in [5.74, 6) is 0.432. The van der Waals surface area contributed by atoms with Crippen molar-refractivity contribution in [1.29, 1.82) is 5.26 Å². The van der Waals surface area contributed by atoms with Gasteiger partial charge in [0.15, 0.2) is 0 Å². The maximum Gasteiger partial charge on any atom is 0.121 e. The molecule has 0 saturated heterocycles. The van der Waals surface area contributed by atoms with Crippen LogP contribution in [0.5, 0.6) is 0 Å². The lowest BCUT2D eigenvalue weighted by molar-refractivity contribution is -0.108. The molecular formula is C8H13NO. The second-order valence-corrected chi connectivity index (χ2v) is 2.86. The Kier molecular flexibility index (Phi) is 4.57. The number of carbonyl (C=O) groups is 1. The number of carbonyl (C=O) groups excluding carboxylic acids is 1. The van der Waals surface area contributed by atoms with Crippen LogP contribution >= 0.6 is 0 Å². The molecule has 0 fully saturated rings. The molecule has 0 aliphatic carbocycles. The van der Waals surface area contributed by atoms with Gasteiger partial charge in [0.05, 0.1) is 12.0 Å². The van der Waals surface area contributed by atoms with E-state index in [0.717, 1.165) is 12.7 Å². The van der Waals surface area contributed by atoms with Crippen molar-refractivity contribution < 1.29 is 4.79 Å². The van der Waals surface area contributed by atoms with Crippen molar-refractivity contribution in [3.05, 3.63) is 0 Å². The summed E-state index contributed by atoms with van der Waals surface area (Å²) in [6.45, 7) is 4.10. The third-order valence-electron chi connectivity index (χ3n) is 1.32. The van der Waals surface area contributed by atoms with E-state index in [-0.39, 0.29) is 5.92 Å². The third kappa shape index (κ3) is 4.08. The largest absolute Gasteiger partial charge is 0.303 e. The summed E-state index contributed by atoms with van der Waals surface area (Å²) in [5, 5.41) is 8.50. The van der Waals surface area contributed by atoms with Crippen LogP contribution in [-0.2, 0) is 4.79 Å². The van der Waals surface area contributed by atoms with E-state index in [2.05, 4.69) is 19.9 Å². The molecule has 0 spiro atoms. The van der Waals surface area contributed by atoms with E-state index in [1.165, 1.54) is 0 Å². The predicted octanol–water partition coefficient (Wildman–Crippen LogP) is 1.76. The van der Waals surface area contributed by atoms with Gasteiger partial charge >= 0.3 is 0 Å². The lowest BCUT2D eigenvalue weighted by Crippen LogP contribution is -2.02. The van der Waals surface area contributed by atoms with Crippen molar-refractivity contribution in [3.63, 3.8) is 0 Å². The standard InChI is InChI=1S/C8H13NO/c1-7(2)5-8(6-9)3-4-10/h4,7-8H,3,5H2,1-2H3. The van der Waals surface area contributed by atoms with Gasteiger partial charge in [-0.2, -0.15) is 5.26 Å². The van der Waals surface area contributed by atoms with E-state index < -0.39 is 0 Å². The minimum Gasteiger partial charge on any atom is -0.303 e. The maximum absolute atomic E-state index is 10.0. The Morgan fingerprint density at radius 2 is 2.20 bits per heavy atom. The lowest BCUT2D eigenvalue weighted by Gasteiger charge is -2.06. The molecule has 0 bridgehead atoms. The minimum atomic E-state index is -0.0718. The molecule has 56 valence electrons. The molecule has 0 radical (unpaired) electrons. The molecule has 1 atom stereocenters. The third-order valence-corrected chi connectivity index (χ3v) is 1.32. The highest BCUT2D eigenvalue weighted by Gasteiger charge is 2.07. The molecule has 0 aliphatic heterocycles. The van der Waals surface area contributed by atoms with Gasteiger partial charge in [0, 0.05) is 6.42 Å². The maximum atomic E-state index is 10.0. The van der Waals surface area contributed by atoms with E-state index in [0.29, 0.717) is 12.3 Å². The number of nitriles is 1. The average Bonchev–Trinajstić information content (AvgIpc) is 1.86. The molecule has 0 heterocycles. The van der Waals surface area contributed by atoms with Crippen molar-refractivity contribution in [2.75, 3.05) is 0 Å². The van der Waals surface area contributed by atoms with Crippen LogP contribution in [0.1, 0.15) is 26.7 Å². The van der Waals surface area contributed by atoms with Gasteiger partial charge < -0.3 is 4.79 Å². The molecule has 10 heavy (non-hydrogen) atoms. The van der Waals surface area contributed by atoms with Crippen LogP contribution in [0.15, 0.2) is 0 Å². The summed E-state index contributed by atoms with van der Waals surface area (Å²) in [7, 11) is 0. The SMILES string of the molecule is CC(C)CC(C#N)CC=O. The van der Waals surface area contributed by atoms with Gasteiger partial charge in [-0.1, -0.05) is 13.8 Å². The average molecular weight is 139 g/mol. The van der Waals surface area contributed by atoms with E-state index >= 15 is 0 Å². The first-order valence-electron chi connectivity index (χ1n) is 3.54. The first-order chi connectivity index (χ1) is 4.70. The molecule has 0 amide bonds. The van der Waals surface area contributed by atoms with E-state index in [1.807, 2.05) is 0 Å². The van der Waals surface area contributed by atoms with Gasteiger partial charge in [-0.05, 0) is 12.3 Å². The second kappa shape index (κ2) is 4.99. The van der Waals surface area contributed by atoms with Gasteiger partial charge in [-0.25, -0.2) is 0 Å². The summed E-state index contributed by atoms with van der Waals surface area (Å²) in [6.07, 6.45) is 2.03. The van der Waals surface area contributed by atoms with E-state index in [1.54, 1.807) is 0 Å². The smallest absolute Gasteiger partial charge is 0.121 e. The fraction of sp³-hybridized carbons (Fsp3) is 0.750. The minimum absolute atomic E-state index is 0.0718. The number of aldehydes is 1. The summed E-state index contributed by atoms with van der Waals surface area (Å²) in [6, 6.07) is 2.10. The summed E-state index contributed by atoms with van der Waals surface area (Å²) in [4.78, 5) is 10.0. The molecular weight excluding hydrogens is 126 g/mol. The van der Waals surface area contributed by atoms with Gasteiger partial charge in [-0.15, -0.1) is 0 Å². The fourth-order valence-electron chi connectivity index (χ4n) is 0.887. The zero-order valence-corrected chi connectivity index (χ0v) is 6.50. The fourth-order valence-corrected chi connectivity index (χ4v) is 0.887. The lowest BCUT2D eigenvalue weighted by atomic mass is 9.96. The molecule has 0 aliphatic rings. The Morgan fingerprint density at radius 1 is 1.60 bits per heavy atom. The number of rotatable bonds is 4. The Bertz CT molecular complexity index is 135. The summed E-state index contributed by atoms with van der Waals surface area (Å²) < 4.78 is 0. The van der Waals surface area contributed by atoms with Crippen LogP contribution in [0, 0.1) is 23.2 Å². The van der Waals surface area contributed by atoms with Gasteiger partial charge in [0.25, 0.3) is 0 Å². The van der Waals surface area contributed by atoms with Crippen LogP contribution in [0.4, 0.5) is 0 Å². The Morgan fingerprint density at radius 3 is 2.50 bits per heavy atom. The van der Waals surface area contributed by atoms with E-state index in [9.17, 15) is 4.79 Å². The molecule has 0 aromatic heterocycles. The summed E-state index contributed by atoms with van der Waals surface area (Å²) >= 11 is 0. The molecule has 0 rings (SSSR count). The summed E-state index contributed by atoms with van der Waals surface area (Å²) in [5.41, 5.74) is 0. The highest BCUT2D eigenvalue weighted by molar-refractivity contribution is 5.50. The zero-order valence-electron chi connectivity index (χ0n) is 6.50. The monoisotopic (exact) mass is 139 g/mol. The highest BCUT2D eigenvalue weighted by Crippen LogP contribution is 2.12.